The van der Waals surface area contributed by atoms with E-state index in [0.717, 1.165) is 23.3 Å². The van der Waals surface area contributed by atoms with Gasteiger partial charge in [-0.2, -0.15) is 0 Å². The molecule has 0 spiro atoms. The molecule has 0 unspecified atom stereocenters. The van der Waals surface area contributed by atoms with E-state index in [9.17, 15) is 9.59 Å². The van der Waals surface area contributed by atoms with Crippen LogP contribution in [-0.2, 0) is 21.9 Å². The quantitative estimate of drug-likeness (QED) is 0.519. The summed E-state index contributed by atoms with van der Waals surface area (Å²) in [6.45, 7) is 10.6. The van der Waals surface area contributed by atoms with E-state index in [1.165, 1.54) is 11.1 Å². The molecule has 2 atom stereocenters. The van der Waals surface area contributed by atoms with E-state index < -0.39 is 6.04 Å². The minimum atomic E-state index is -0.472. The van der Waals surface area contributed by atoms with Crippen molar-refractivity contribution in [2.24, 2.45) is 0 Å². The predicted octanol–water partition coefficient (Wildman–Crippen LogP) is 5.26. The Morgan fingerprint density at radius 1 is 1.03 bits per heavy atom. The van der Waals surface area contributed by atoms with Gasteiger partial charge < -0.3 is 10.2 Å². The highest BCUT2D eigenvalue weighted by molar-refractivity contribution is 7.99. The molecular formula is C26H36N2O2S. The molecule has 2 aromatic rings. The van der Waals surface area contributed by atoms with Crippen LogP contribution in [0.1, 0.15) is 55.9 Å². The van der Waals surface area contributed by atoms with Gasteiger partial charge in [0.1, 0.15) is 6.04 Å². The van der Waals surface area contributed by atoms with Gasteiger partial charge in [0.25, 0.3) is 0 Å². The summed E-state index contributed by atoms with van der Waals surface area (Å²) in [4.78, 5) is 28.1. The summed E-state index contributed by atoms with van der Waals surface area (Å²) in [6.07, 6.45) is 1.45. The number of aryl methyl sites for hydroxylation is 2. The van der Waals surface area contributed by atoms with Crippen molar-refractivity contribution in [2.45, 2.75) is 71.8 Å². The summed E-state index contributed by atoms with van der Waals surface area (Å²) in [5.74, 6) is 1.07. The molecule has 0 saturated heterocycles. The lowest BCUT2D eigenvalue weighted by atomic mass is 10.1. The standard InChI is InChI=1S/C26H36N2O2S/c1-6-21(5)27-26(30)24(7-2)28(16-23-14-9-8-12-20(23)4)25(29)18-31-17-22-13-10-11-19(3)15-22/h8-15,21,24H,6-7,16-18H2,1-5H3,(H,27,30)/t21-,24+/m1/s1. The highest BCUT2D eigenvalue weighted by atomic mass is 32.2. The molecule has 0 bridgehead atoms. The van der Waals surface area contributed by atoms with Crippen LogP contribution in [0.2, 0.25) is 0 Å². The number of hydrogen-bond donors (Lipinski definition) is 1. The Morgan fingerprint density at radius 3 is 2.42 bits per heavy atom. The normalized spacial score (nSPS) is 12.8. The zero-order chi connectivity index (χ0) is 22.8. The van der Waals surface area contributed by atoms with Gasteiger partial charge in [-0.1, -0.05) is 67.9 Å². The second-order valence-electron chi connectivity index (χ2n) is 8.17. The van der Waals surface area contributed by atoms with E-state index >= 15 is 0 Å². The second-order valence-corrected chi connectivity index (χ2v) is 9.16. The van der Waals surface area contributed by atoms with E-state index in [1.54, 1.807) is 16.7 Å². The van der Waals surface area contributed by atoms with Crippen LogP contribution in [-0.4, -0.2) is 34.6 Å². The molecule has 2 rings (SSSR count). The molecule has 0 radical (unpaired) electrons. The summed E-state index contributed by atoms with van der Waals surface area (Å²) < 4.78 is 0. The smallest absolute Gasteiger partial charge is 0.243 e. The van der Waals surface area contributed by atoms with Crippen LogP contribution in [0.25, 0.3) is 0 Å². The summed E-state index contributed by atoms with van der Waals surface area (Å²) in [7, 11) is 0. The van der Waals surface area contributed by atoms with Crippen LogP contribution < -0.4 is 5.32 Å². The number of rotatable bonds is 11. The zero-order valence-electron chi connectivity index (χ0n) is 19.5. The second kappa shape index (κ2) is 12.6. The van der Waals surface area contributed by atoms with Gasteiger partial charge >= 0.3 is 0 Å². The van der Waals surface area contributed by atoms with Crippen molar-refractivity contribution < 1.29 is 9.59 Å². The number of benzene rings is 2. The van der Waals surface area contributed by atoms with Crippen molar-refractivity contribution >= 4 is 23.6 Å². The Labute approximate surface area is 191 Å². The lowest BCUT2D eigenvalue weighted by Crippen LogP contribution is -2.51. The Kier molecular flexibility index (Phi) is 10.1. The maximum Gasteiger partial charge on any atom is 0.243 e. The predicted molar refractivity (Wildman–Crippen MR) is 131 cm³/mol. The number of carbonyl (C=O) groups is 2. The van der Waals surface area contributed by atoms with Gasteiger partial charge in [0.15, 0.2) is 0 Å². The minimum absolute atomic E-state index is 0.00653. The van der Waals surface area contributed by atoms with Gasteiger partial charge in [-0.25, -0.2) is 0 Å². The Bertz CT molecular complexity index is 868. The average Bonchev–Trinajstić information content (AvgIpc) is 2.74. The van der Waals surface area contributed by atoms with Gasteiger partial charge in [0, 0.05) is 18.3 Å². The van der Waals surface area contributed by atoms with Crippen molar-refractivity contribution in [3.8, 4) is 0 Å². The number of hydrogen-bond acceptors (Lipinski definition) is 3. The molecule has 0 heterocycles. The van der Waals surface area contributed by atoms with Gasteiger partial charge in [-0.15, -0.1) is 11.8 Å². The molecule has 0 aliphatic heterocycles. The number of thioether (sulfide) groups is 1. The molecule has 0 aromatic heterocycles. The Morgan fingerprint density at radius 2 is 1.77 bits per heavy atom. The van der Waals surface area contributed by atoms with E-state index in [4.69, 9.17) is 0 Å². The zero-order valence-corrected chi connectivity index (χ0v) is 20.3. The van der Waals surface area contributed by atoms with Crippen molar-refractivity contribution in [2.75, 3.05) is 5.75 Å². The molecule has 1 N–H and O–H groups in total. The largest absolute Gasteiger partial charge is 0.352 e. The summed E-state index contributed by atoms with van der Waals surface area (Å²) in [5, 5.41) is 3.06. The molecule has 5 heteroatoms. The maximum atomic E-state index is 13.3. The monoisotopic (exact) mass is 440 g/mol. The van der Waals surface area contributed by atoms with E-state index in [-0.39, 0.29) is 17.9 Å². The Balaban J connectivity index is 2.15. The molecule has 0 fully saturated rings. The summed E-state index contributed by atoms with van der Waals surface area (Å²) in [6, 6.07) is 16.0. The van der Waals surface area contributed by atoms with Gasteiger partial charge in [0.05, 0.1) is 5.75 Å². The fraction of sp³-hybridized carbons (Fsp3) is 0.462. The molecule has 2 amide bonds. The molecule has 31 heavy (non-hydrogen) atoms. The van der Waals surface area contributed by atoms with Crippen molar-refractivity contribution in [3.05, 3.63) is 70.8 Å². The van der Waals surface area contributed by atoms with Crippen molar-refractivity contribution in [3.63, 3.8) is 0 Å². The van der Waals surface area contributed by atoms with Crippen LogP contribution in [0.15, 0.2) is 48.5 Å². The molecule has 0 aliphatic rings. The average molecular weight is 441 g/mol. The fourth-order valence-corrected chi connectivity index (χ4v) is 4.33. The van der Waals surface area contributed by atoms with Crippen LogP contribution in [0, 0.1) is 13.8 Å². The SMILES string of the molecule is CC[C@@H](C)NC(=O)[C@H](CC)N(Cc1ccccc1C)C(=O)CSCc1cccc(C)c1. The molecule has 2 aromatic carbocycles. The molecule has 4 nitrogen and oxygen atoms in total. The maximum absolute atomic E-state index is 13.3. The molecule has 168 valence electrons. The fourth-order valence-electron chi connectivity index (χ4n) is 3.47. The van der Waals surface area contributed by atoms with Gasteiger partial charge in [-0.05, 0) is 50.3 Å². The first-order valence-electron chi connectivity index (χ1n) is 11.1. The number of nitrogens with one attached hydrogen (secondary N) is 1. The van der Waals surface area contributed by atoms with E-state index in [0.29, 0.717) is 18.7 Å². The first kappa shape index (κ1) is 25.0. The lowest BCUT2D eigenvalue weighted by Gasteiger charge is -2.32. The van der Waals surface area contributed by atoms with E-state index in [2.05, 4.69) is 30.4 Å². The number of carbonyl (C=O) groups excluding carboxylic acids is 2. The summed E-state index contributed by atoms with van der Waals surface area (Å²) >= 11 is 1.60. The first-order valence-corrected chi connectivity index (χ1v) is 12.3. The molecular weight excluding hydrogens is 404 g/mol. The van der Waals surface area contributed by atoms with Crippen LogP contribution in [0.5, 0.6) is 0 Å². The first-order chi connectivity index (χ1) is 14.8. The van der Waals surface area contributed by atoms with Crippen molar-refractivity contribution in [1.82, 2.24) is 10.2 Å². The minimum Gasteiger partial charge on any atom is -0.352 e. The number of nitrogens with zero attached hydrogens (tertiary/aromatic N) is 1. The van der Waals surface area contributed by atoms with Crippen LogP contribution in [0.4, 0.5) is 0 Å². The van der Waals surface area contributed by atoms with Gasteiger partial charge in [0.2, 0.25) is 11.8 Å². The van der Waals surface area contributed by atoms with Crippen molar-refractivity contribution in [1.29, 1.82) is 0 Å². The third-order valence-electron chi connectivity index (χ3n) is 5.57. The van der Waals surface area contributed by atoms with Crippen LogP contribution in [0.3, 0.4) is 0 Å². The highest BCUT2D eigenvalue weighted by Crippen LogP contribution is 2.19. The summed E-state index contributed by atoms with van der Waals surface area (Å²) in [5.41, 5.74) is 4.64. The molecule has 0 saturated carbocycles. The third kappa shape index (κ3) is 7.73. The molecule has 0 aliphatic carbocycles. The van der Waals surface area contributed by atoms with E-state index in [1.807, 2.05) is 58.0 Å². The third-order valence-corrected chi connectivity index (χ3v) is 6.55. The number of amides is 2. The topological polar surface area (TPSA) is 49.4 Å². The van der Waals surface area contributed by atoms with Crippen LogP contribution >= 0.6 is 11.8 Å². The lowest BCUT2D eigenvalue weighted by molar-refractivity contribution is -0.139. The highest BCUT2D eigenvalue weighted by Gasteiger charge is 2.29. The Hall–Kier alpha value is -2.27. The van der Waals surface area contributed by atoms with Gasteiger partial charge in [-0.3, -0.25) is 9.59 Å².